The highest BCUT2D eigenvalue weighted by Gasteiger charge is 2.29. The standard InChI is InChI=1S/C45H47FN8O3/c46-33-26-38-42(48-27-33)53(45(57)54(44(38)56)36-17-15-34(16-18-36)49-43(55)41-28-47-39-9-2-3-10-40(39)50-41)37-8-6-7-32(25-37)31-13-11-30(12-14-31)29-51-23-19-35(20-24-51)52-21-4-1-5-22-52/h2-3,6-14,25-28,34-36H,1,4-5,15-24,29H2,(H,49,55). The van der Waals surface area contributed by atoms with Gasteiger partial charge in [0, 0.05) is 24.7 Å². The Bertz CT molecular complexity index is 2530. The van der Waals surface area contributed by atoms with E-state index >= 15 is 0 Å². The van der Waals surface area contributed by atoms with Gasteiger partial charge in [0.2, 0.25) is 0 Å². The lowest BCUT2D eigenvalue weighted by atomic mass is 9.90. The highest BCUT2D eigenvalue weighted by molar-refractivity contribution is 5.94. The normalized spacial score (nSPS) is 19.9. The van der Waals surface area contributed by atoms with Crippen molar-refractivity contribution >= 4 is 28.0 Å². The lowest BCUT2D eigenvalue weighted by Gasteiger charge is -2.40. The van der Waals surface area contributed by atoms with Gasteiger partial charge in [-0.2, -0.15) is 0 Å². The first-order valence-electron chi connectivity index (χ1n) is 20.4. The maximum Gasteiger partial charge on any atom is 0.337 e. The van der Waals surface area contributed by atoms with Crippen molar-refractivity contribution in [2.45, 2.75) is 82.5 Å². The predicted molar refractivity (Wildman–Crippen MR) is 219 cm³/mol. The molecule has 0 radical (unpaired) electrons. The van der Waals surface area contributed by atoms with E-state index in [2.05, 4.69) is 54.3 Å². The van der Waals surface area contributed by atoms with Gasteiger partial charge in [0.25, 0.3) is 11.5 Å². The molecule has 9 rings (SSSR count). The second-order valence-electron chi connectivity index (χ2n) is 15.9. The van der Waals surface area contributed by atoms with Crippen LogP contribution in [0.3, 0.4) is 0 Å². The first-order chi connectivity index (χ1) is 27.9. The van der Waals surface area contributed by atoms with Crippen molar-refractivity contribution in [3.05, 3.63) is 129 Å². The molecule has 1 amide bonds. The number of carbonyl (C=O) groups excluding carboxylic acids is 1. The minimum Gasteiger partial charge on any atom is -0.348 e. The predicted octanol–water partition coefficient (Wildman–Crippen LogP) is 6.66. The van der Waals surface area contributed by atoms with Crippen LogP contribution in [0, 0.1) is 5.82 Å². The van der Waals surface area contributed by atoms with E-state index in [9.17, 15) is 18.8 Å². The second kappa shape index (κ2) is 16.1. The summed E-state index contributed by atoms with van der Waals surface area (Å²) in [7, 11) is 0. The van der Waals surface area contributed by atoms with Crippen LogP contribution >= 0.6 is 0 Å². The van der Waals surface area contributed by atoms with Crippen molar-refractivity contribution in [2.75, 3.05) is 26.2 Å². The largest absolute Gasteiger partial charge is 0.348 e. The Balaban J connectivity index is 0.919. The van der Waals surface area contributed by atoms with Crippen LogP contribution in [0.5, 0.6) is 0 Å². The quantitative estimate of drug-likeness (QED) is 0.183. The van der Waals surface area contributed by atoms with Gasteiger partial charge in [0.05, 0.1) is 34.5 Å². The van der Waals surface area contributed by atoms with Gasteiger partial charge in [-0.3, -0.25) is 24.0 Å². The zero-order chi connectivity index (χ0) is 38.9. The van der Waals surface area contributed by atoms with Crippen molar-refractivity contribution in [3.8, 4) is 16.8 Å². The molecule has 3 aromatic heterocycles. The Morgan fingerprint density at radius 1 is 0.737 bits per heavy atom. The minimum atomic E-state index is -0.653. The summed E-state index contributed by atoms with van der Waals surface area (Å²) in [4.78, 5) is 59.8. The average molecular weight is 767 g/mol. The zero-order valence-corrected chi connectivity index (χ0v) is 32.0. The third-order valence-electron chi connectivity index (χ3n) is 12.2. The van der Waals surface area contributed by atoms with E-state index in [-0.39, 0.29) is 28.7 Å². The Kier molecular flexibility index (Phi) is 10.5. The molecule has 12 heteroatoms. The van der Waals surface area contributed by atoms with Crippen LogP contribution in [0.2, 0.25) is 0 Å². The number of para-hydroxylation sites is 2. The molecule has 57 heavy (non-hydrogen) atoms. The van der Waals surface area contributed by atoms with Gasteiger partial charge in [-0.25, -0.2) is 23.7 Å². The van der Waals surface area contributed by atoms with Crippen LogP contribution in [0.1, 0.15) is 79.9 Å². The van der Waals surface area contributed by atoms with Gasteiger partial charge < -0.3 is 10.2 Å². The van der Waals surface area contributed by atoms with Crippen molar-refractivity contribution in [1.29, 1.82) is 0 Å². The van der Waals surface area contributed by atoms with E-state index in [0.29, 0.717) is 42.4 Å². The SMILES string of the molecule is O=C(NC1CCC(n2c(=O)c3cc(F)cnc3n(-c3cccc(-c4ccc(CN5CCC(N6CCCCC6)CC5)cc4)c3)c2=O)CC1)c1cnc2ccccc2n1. The van der Waals surface area contributed by atoms with Gasteiger partial charge >= 0.3 is 5.69 Å². The highest BCUT2D eigenvalue weighted by Crippen LogP contribution is 2.29. The number of likely N-dealkylation sites (tertiary alicyclic amines) is 2. The van der Waals surface area contributed by atoms with Crippen molar-refractivity contribution in [1.82, 2.24) is 39.2 Å². The number of pyridine rings is 1. The zero-order valence-electron chi connectivity index (χ0n) is 32.0. The Hall–Kier alpha value is -5.59. The number of aromatic nitrogens is 5. The lowest BCUT2D eigenvalue weighted by Crippen LogP contribution is -2.46. The number of hydrogen-bond acceptors (Lipinski definition) is 8. The number of piperidine rings is 2. The molecule has 1 N–H and O–H groups in total. The van der Waals surface area contributed by atoms with Crippen LogP contribution in [0.4, 0.5) is 4.39 Å². The molecule has 11 nitrogen and oxygen atoms in total. The number of rotatable bonds is 8. The fraction of sp³-hybridized carbons (Fsp3) is 0.378. The van der Waals surface area contributed by atoms with Crippen LogP contribution in [0.25, 0.3) is 38.9 Å². The first-order valence-corrected chi connectivity index (χ1v) is 20.4. The molecule has 0 atom stereocenters. The van der Waals surface area contributed by atoms with Crippen LogP contribution in [-0.2, 0) is 6.54 Å². The van der Waals surface area contributed by atoms with Crippen molar-refractivity contribution < 1.29 is 9.18 Å². The van der Waals surface area contributed by atoms with Crippen molar-refractivity contribution in [2.24, 2.45) is 0 Å². The second-order valence-corrected chi connectivity index (χ2v) is 15.9. The number of amides is 1. The molecule has 0 bridgehead atoms. The third-order valence-corrected chi connectivity index (χ3v) is 12.2. The average Bonchev–Trinajstić information content (AvgIpc) is 3.25. The minimum absolute atomic E-state index is 0.0367. The Morgan fingerprint density at radius 3 is 2.26 bits per heavy atom. The molecule has 2 saturated heterocycles. The van der Waals surface area contributed by atoms with E-state index in [0.717, 1.165) is 49.1 Å². The molecular formula is C45H47FN8O3. The number of carbonyl (C=O) groups is 1. The van der Waals surface area contributed by atoms with Crippen molar-refractivity contribution in [3.63, 3.8) is 0 Å². The van der Waals surface area contributed by atoms with Crippen LogP contribution in [0.15, 0.2) is 101 Å². The third kappa shape index (κ3) is 7.76. The molecule has 3 aromatic carbocycles. The number of benzene rings is 3. The maximum absolute atomic E-state index is 14.6. The van der Waals surface area contributed by atoms with Crippen LogP contribution < -0.4 is 16.6 Å². The fourth-order valence-electron chi connectivity index (χ4n) is 9.15. The topological polar surface area (TPSA) is 118 Å². The van der Waals surface area contributed by atoms with E-state index < -0.39 is 23.1 Å². The Labute approximate surface area is 330 Å². The summed E-state index contributed by atoms with van der Waals surface area (Å²) in [5, 5.41) is 3.09. The Morgan fingerprint density at radius 2 is 1.49 bits per heavy atom. The monoisotopic (exact) mass is 766 g/mol. The van der Waals surface area contributed by atoms with Gasteiger partial charge in [0.1, 0.15) is 11.5 Å². The number of halogens is 1. The highest BCUT2D eigenvalue weighted by atomic mass is 19.1. The molecule has 1 aliphatic carbocycles. The molecule has 0 unspecified atom stereocenters. The summed E-state index contributed by atoms with van der Waals surface area (Å²) >= 11 is 0. The number of hydrogen-bond donors (Lipinski definition) is 1. The lowest BCUT2D eigenvalue weighted by molar-refractivity contribution is 0.0896. The summed E-state index contributed by atoms with van der Waals surface area (Å²) in [6, 6.07) is 24.9. The number of nitrogens with zero attached hydrogens (tertiary/aromatic N) is 7. The molecule has 292 valence electrons. The van der Waals surface area contributed by atoms with E-state index in [1.54, 1.807) is 0 Å². The first kappa shape index (κ1) is 37.0. The summed E-state index contributed by atoms with van der Waals surface area (Å²) in [6.07, 6.45) is 11.1. The molecule has 1 saturated carbocycles. The van der Waals surface area contributed by atoms with Gasteiger partial charge in [-0.15, -0.1) is 0 Å². The van der Waals surface area contributed by atoms with Gasteiger partial charge in [0.15, 0.2) is 5.65 Å². The molecule has 5 heterocycles. The van der Waals surface area contributed by atoms with E-state index in [1.165, 1.54) is 66.1 Å². The molecule has 6 aromatic rings. The summed E-state index contributed by atoms with van der Waals surface area (Å²) in [6.45, 7) is 5.67. The van der Waals surface area contributed by atoms with Gasteiger partial charge in [-0.1, -0.05) is 55.0 Å². The van der Waals surface area contributed by atoms with E-state index in [4.69, 9.17) is 0 Å². The molecule has 2 aliphatic heterocycles. The number of nitrogens with one attached hydrogen (secondary N) is 1. The molecule has 0 spiro atoms. The van der Waals surface area contributed by atoms with E-state index in [1.807, 2.05) is 48.5 Å². The summed E-state index contributed by atoms with van der Waals surface area (Å²) in [5.74, 6) is -0.971. The summed E-state index contributed by atoms with van der Waals surface area (Å²) in [5.41, 5.74) is 4.31. The van der Waals surface area contributed by atoms with Gasteiger partial charge in [-0.05, 0) is 125 Å². The molecule has 3 aliphatic rings. The number of fused-ring (bicyclic) bond motifs is 2. The molecule has 3 fully saturated rings. The smallest absolute Gasteiger partial charge is 0.337 e. The summed E-state index contributed by atoms with van der Waals surface area (Å²) < 4.78 is 17.3. The molecular weight excluding hydrogens is 720 g/mol. The fourth-order valence-corrected chi connectivity index (χ4v) is 9.15. The van der Waals surface area contributed by atoms with Crippen LogP contribution in [-0.4, -0.2) is 78.1 Å². The maximum atomic E-state index is 14.6.